The van der Waals surface area contributed by atoms with Gasteiger partial charge in [0.05, 0.1) is 5.92 Å². The van der Waals surface area contributed by atoms with E-state index in [2.05, 4.69) is 0 Å². The lowest BCUT2D eigenvalue weighted by Crippen LogP contribution is -2.34. The molecule has 0 bridgehead atoms. The number of carbonyl (C=O) groups is 1. The molecule has 0 amide bonds. The molecule has 0 radical (unpaired) electrons. The number of benzene rings is 1. The van der Waals surface area contributed by atoms with Gasteiger partial charge < -0.3 is 10.2 Å². The zero-order valence-corrected chi connectivity index (χ0v) is 11.4. The summed E-state index contributed by atoms with van der Waals surface area (Å²) < 4.78 is 13.2. The molecule has 106 valence electrons. The smallest absolute Gasteiger partial charge is 0.307 e. The summed E-state index contributed by atoms with van der Waals surface area (Å²) in [5.74, 6) is -1.77. The van der Waals surface area contributed by atoms with Gasteiger partial charge in [-0.3, -0.25) is 9.69 Å². The van der Waals surface area contributed by atoms with Crippen LogP contribution in [-0.4, -0.2) is 34.2 Å². The van der Waals surface area contributed by atoms with Gasteiger partial charge in [-0.2, -0.15) is 0 Å². The number of rotatable bonds is 6. The molecule has 0 aliphatic carbocycles. The molecule has 0 saturated carbocycles. The molecule has 1 rings (SSSR count). The number of nitrogens with zero attached hydrogens (tertiary/aromatic N) is 1. The fraction of sp³-hybridized carbons (Fsp3) is 0.500. The normalized spacial score (nSPS) is 14.4. The van der Waals surface area contributed by atoms with E-state index in [1.54, 1.807) is 6.92 Å². The van der Waals surface area contributed by atoms with E-state index in [0.29, 0.717) is 18.7 Å². The minimum Gasteiger partial charge on any atom is -0.508 e. The Labute approximate surface area is 112 Å². The van der Waals surface area contributed by atoms with Crippen molar-refractivity contribution in [2.24, 2.45) is 5.92 Å². The SMILES string of the molecule is CCN(CC(C)C(=O)O)C(C)c1cc(F)ccc1O. The molecule has 2 atom stereocenters. The zero-order chi connectivity index (χ0) is 14.6. The van der Waals surface area contributed by atoms with Crippen molar-refractivity contribution in [3.8, 4) is 5.75 Å². The maximum absolute atomic E-state index is 13.2. The molecule has 0 spiro atoms. The van der Waals surface area contributed by atoms with E-state index in [0.717, 1.165) is 0 Å². The first-order chi connectivity index (χ1) is 8.86. The van der Waals surface area contributed by atoms with Gasteiger partial charge in [-0.15, -0.1) is 0 Å². The maximum Gasteiger partial charge on any atom is 0.307 e. The highest BCUT2D eigenvalue weighted by Gasteiger charge is 2.22. The van der Waals surface area contributed by atoms with Crippen LogP contribution in [0, 0.1) is 11.7 Å². The number of phenolic OH excluding ortho intramolecular Hbond substituents is 1. The average molecular weight is 269 g/mol. The van der Waals surface area contributed by atoms with Gasteiger partial charge in [0.25, 0.3) is 0 Å². The quantitative estimate of drug-likeness (QED) is 0.833. The Balaban J connectivity index is 2.91. The van der Waals surface area contributed by atoms with Gasteiger partial charge in [-0.05, 0) is 31.7 Å². The number of aromatic hydroxyl groups is 1. The van der Waals surface area contributed by atoms with E-state index in [-0.39, 0.29) is 11.8 Å². The summed E-state index contributed by atoms with van der Waals surface area (Å²) in [5.41, 5.74) is 0.472. The van der Waals surface area contributed by atoms with Crippen molar-refractivity contribution in [2.75, 3.05) is 13.1 Å². The summed E-state index contributed by atoms with van der Waals surface area (Å²) in [4.78, 5) is 12.8. The van der Waals surface area contributed by atoms with E-state index in [4.69, 9.17) is 5.11 Å². The highest BCUT2D eigenvalue weighted by atomic mass is 19.1. The van der Waals surface area contributed by atoms with Crippen molar-refractivity contribution < 1.29 is 19.4 Å². The summed E-state index contributed by atoms with van der Waals surface area (Å²) in [6.07, 6.45) is 0. The fourth-order valence-electron chi connectivity index (χ4n) is 2.05. The highest BCUT2D eigenvalue weighted by molar-refractivity contribution is 5.69. The van der Waals surface area contributed by atoms with Crippen LogP contribution in [0.3, 0.4) is 0 Å². The van der Waals surface area contributed by atoms with E-state index in [9.17, 15) is 14.3 Å². The number of carboxylic acids is 1. The first-order valence-corrected chi connectivity index (χ1v) is 6.32. The molecular weight excluding hydrogens is 249 g/mol. The van der Waals surface area contributed by atoms with Crippen LogP contribution in [-0.2, 0) is 4.79 Å². The van der Waals surface area contributed by atoms with E-state index in [1.807, 2.05) is 18.7 Å². The Hall–Kier alpha value is -1.62. The minimum absolute atomic E-state index is 0.0235. The largest absolute Gasteiger partial charge is 0.508 e. The van der Waals surface area contributed by atoms with E-state index >= 15 is 0 Å². The predicted molar refractivity (Wildman–Crippen MR) is 70.5 cm³/mol. The molecule has 0 aliphatic heterocycles. The molecule has 0 fully saturated rings. The average Bonchev–Trinajstić information content (AvgIpc) is 2.37. The molecule has 2 unspecified atom stereocenters. The van der Waals surface area contributed by atoms with Crippen LogP contribution in [0.1, 0.15) is 32.4 Å². The number of phenols is 1. The third-order valence-electron chi connectivity index (χ3n) is 3.32. The van der Waals surface area contributed by atoms with Crippen molar-refractivity contribution >= 4 is 5.97 Å². The number of aliphatic carboxylic acids is 1. The Morgan fingerprint density at radius 3 is 2.58 bits per heavy atom. The molecule has 4 nitrogen and oxygen atoms in total. The number of hydrogen-bond donors (Lipinski definition) is 2. The molecule has 19 heavy (non-hydrogen) atoms. The molecule has 5 heteroatoms. The molecule has 0 saturated heterocycles. The standard InChI is InChI=1S/C14H20FNO3/c1-4-16(8-9(2)14(18)19)10(3)12-7-11(15)5-6-13(12)17/h5-7,9-10,17H,4,8H2,1-3H3,(H,18,19). The zero-order valence-electron chi connectivity index (χ0n) is 11.4. The lowest BCUT2D eigenvalue weighted by atomic mass is 10.0. The Kier molecular flexibility index (Phi) is 5.30. The minimum atomic E-state index is -0.867. The van der Waals surface area contributed by atoms with Crippen molar-refractivity contribution in [1.29, 1.82) is 0 Å². The van der Waals surface area contributed by atoms with Gasteiger partial charge in [-0.1, -0.05) is 13.8 Å². The predicted octanol–water partition coefficient (Wildman–Crippen LogP) is 2.63. The lowest BCUT2D eigenvalue weighted by molar-refractivity contribution is -0.141. The highest BCUT2D eigenvalue weighted by Crippen LogP contribution is 2.29. The molecule has 1 aromatic rings. The lowest BCUT2D eigenvalue weighted by Gasteiger charge is -2.30. The van der Waals surface area contributed by atoms with Gasteiger partial charge in [0.15, 0.2) is 0 Å². The third-order valence-corrected chi connectivity index (χ3v) is 3.32. The molecule has 2 N–H and O–H groups in total. The fourth-order valence-corrected chi connectivity index (χ4v) is 2.05. The van der Waals surface area contributed by atoms with Crippen molar-refractivity contribution in [1.82, 2.24) is 4.90 Å². The maximum atomic E-state index is 13.2. The first-order valence-electron chi connectivity index (χ1n) is 6.32. The monoisotopic (exact) mass is 269 g/mol. The molecule has 0 aromatic heterocycles. The second-order valence-electron chi connectivity index (χ2n) is 4.71. The second-order valence-corrected chi connectivity index (χ2v) is 4.71. The molecular formula is C14H20FNO3. The van der Waals surface area contributed by atoms with Gasteiger partial charge in [0, 0.05) is 18.2 Å². The Morgan fingerprint density at radius 1 is 1.42 bits per heavy atom. The van der Waals surface area contributed by atoms with Gasteiger partial charge in [-0.25, -0.2) is 4.39 Å². The summed E-state index contributed by atoms with van der Waals surface area (Å²) in [6, 6.07) is 3.55. The summed E-state index contributed by atoms with van der Waals surface area (Å²) in [7, 11) is 0. The van der Waals surface area contributed by atoms with Crippen LogP contribution in [0.25, 0.3) is 0 Å². The second kappa shape index (κ2) is 6.52. The number of carboxylic acid groups (broad SMARTS) is 1. The van der Waals surface area contributed by atoms with Crippen molar-refractivity contribution in [3.63, 3.8) is 0 Å². The molecule has 0 aliphatic rings. The summed E-state index contributed by atoms with van der Waals surface area (Å²) in [5, 5.41) is 18.7. The topological polar surface area (TPSA) is 60.8 Å². The Morgan fingerprint density at radius 2 is 2.05 bits per heavy atom. The number of halogens is 1. The van der Waals surface area contributed by atoms with Crippen molar-refractivity contribution in [3.05, 3.63) is 29.6 Å². The Bertz CT molecular complexity index is 450. The van der Waals surface area contributed by atoms with Gasteiger partial charge in [0.1, 0.15) is 11.6 Å². The van der Waals surface area contributed by atoms with E-state index in [1.165, 1.54) is 18.2 Å². The van der Waals surface area contributed by atoms with Crippen LogP contribution >= 0.6 is 0 Å². The summed E-state index contributed by atoms with van der Waals surface area (Å²) >= 11 is 0. The van der Waals surface area contributed by atoms with Crippen LogP contribution in [0.2, 0.25) is 0 Å². The van der Waals surface area contributed by atoms with Crippen LogP contribution < -0.4 is 0 Å². The van der Waals surface area contributed by atoms with Crippen molar-refractivity contribution in [2.45, 2.75) is 26.8 Å². The van der Waals surface area contributed by atoms with Gasteiger partial charge in [0.2, 0.25) is 0 Å². The van der Waals surface area contributed by atoms with Gasteiger partial charge >= 0.3 is 5.97 Å². The van der Waals surface area contributed by atoms with Crippen LogP contribution in [0.4, 0.5) is 4.39 Å². The molecule has 0 heterocycles. The first kappa shape index (κ1) is 15.4. The van der Waals surface area contributed by atoms with E-state index < -0.39 is 17.7 Å². The summed E-state index contributed by atoms with van der Waals surface area (Å²) in [6.45, 7) is 6.33. The van der Waals surface area contributed by atoms with Crippen LogP contribution in [0.15, 0.2) is 18.2 Å². The third kappa shape index (κ3) is 3.92. The van der Waals surface area contributed by atoms with Crippen LogP contribution in [0.5, 0.6) is 5.75 Å². The number of hydrogen-bond acceptors (Lipinski definition) is 3. The molecule has 1 aromatic carbocycles.